The highest BCUT2D eigenvalue weighted by Gasteiger charge is 2.26. The molecule has 0 radical (unpaired) electrons. The molecule has 1 fully saturated rings. The molecule has 1 saturated heterocycles. The van der Waals surface area contributed by atoms with Crippen LogP contribution in [0.25, 0.3) is 0 Å². The number of halogens is 2. The summed E-state index contributed by atoms with van der Waals surface area (Å²) in [7, 11) is 0. The van der Waals surface area contributed by atoms with Crippen LogP contribution in [0.1, 0.15) is 35.9 Å². The summed E-state index contributed by atoms with van der Waals surface area (Å²) < 4.78 is 16.2. The highest BCUT2D eigenvalue weighted by Crippen LogP contribution is 2.21. The van der Waals surface area contributed by atoms with Crippen molar-refractivity contribution in [1.29, 1.82) is 0 Å². The Morgan fingerprint density at radius 3 is 2.71 bits per heavy atom. The van der Waals surface area contributed by atoms with Crippen LogP contribution in [0, 0.1) is 19.7 Å². The van der Waals surface area contributed by atoms with Crippen LogP contribution < -0.4 is 15.5 Å². The Hall–Kier alpha value is -2.69. The lowest BCUT2D eigenvalue weighted by Gasteiger charge is -2.20. The Labute approximate surface area is 217 Å². The highest BCUT2D eigenvalue weighted by atomic mass is 127. The first-order chi connectivity index (χ1) is 16.0. The summed E-state index contributed by atoms with van der Waals surface area (Å²) in [6, 6.07) is 13.6. The molecule has 0 amide bonds. The summed E-state index contributed by atoms with van der Waals surface area (Å²) in [6.07, 6.45) is 2.53. The Balaban J connectivity index is 0.00000324. The van der Waals surface area contributed by atoms with Crippen molar-refractivity contribution in [2.45, 2.75) is 46.3 Å². The topological polar surface area (TPSA) is 70.4 Å². The number of aliphatic imine (C=N–C) groups is 1. The summed E-state index contributed by atoms with van der Waals surface area (Å²) in [5.74, 6) is 0.901. The third kappa shape index (κ3) is 6.25. The van der Waals surface area contributed by atoms with E-state index in [0.29, 0.717) is 18.9 Å². The van der Waals surface area contributed by atoms with Crippen LogP contribution in [0.4, 0.5) is 10.2 Å². The van der Waals surface area contributed by atoms with E-state index >= 15 is 0 Å². The van der Waals surface area contributed by atoms with Crippen LogP contribution in [0.3, 0.4) is 0 Å². The molecule has 3 aromatic rings. The molecule has 1 aliphatic rings. The molecule has 0 bridgehead atoms. The number of nitrogens with one attached hydrogen (secondary N) is 2. The van der Waals surface area contributed by atoms with E-state index in [0.717, 1.165) is 49.0 Å². The standard InChI is InChI=1S/C25H32FN7.HI/c1-4-27-25(30-21-12-14-32(17-21)24-23(26)11-8-13-28-24)29-15-22-18(2)31-33(19(22)3)16-20-9-6-5-7-10-20;/h5-11,13,21H,4,12,14-17H2,1-3H3,(H2,27,29,30);1H. The van der Waals surface area contributed by atoms with E-state index in [2.05, 4.69) is 41.6 Å². The minimum Gasteiger partial charge on any atom is -0.357 e. The van der Waals surface area contributed by atoms with Crippen molar-refractivity contribution < 1.29 is 4.39 Å². The van der Waals surface area contributed by atoms with Gasteiger partial charge in [0.05, 0.1) is 18.8 Å². The normalized spacial score (nSPS) is 15.8. The molecule has 1 aromatic carbocycles. The molecule has 7 nitrogen and oxygen atoms in total. The quantitative estimate of drug-likeness (QED) is 0.252. The average Bonchev–Trinajstić information content (AvgIpc) is 3.37. The van der Waals surface area contributed by atoms with Gasteiger partial charge in [-0.2, -0.15) is 5.10 Å². The Bertz CT molecular complexity index is 1100. The van der Waals surface area contributed by atoms with Gasteiger partial charge in [0.15, 0.2) is 17.6 Å². The van der Waals surface area contributed by atoms with E-state index in [-0.39, 0.29) is 35.8 Å². The third-order valence-electron chi connectivity index (χ3n) is 6.01. The third-order valence-corrected chi connectivity index (χ3v) is 6.01. The molecular formula is C25H33FIN7. The number of rotatable bonds is 7. The van der Waals surface area contributed by atoms with E-state index in [1.807, 2.05) is 34.7 Å². The van der Waals surface area contributed by atoms with Crippen molar-refractivity contribution >= 4 is 35.8 Å². The maximum absolute atomic E-state index is 14.1. The first-order valence-electron chi connectivity index (χ1n) is 11.5. The van der Waals surface area contributed by atoms with Gasteiger partial charge in [-0.05, 0) is 44.9 Å². The molecule has 2 N–H and O–H groups in total. The Morgan fingerprint density at radius 1 is 1.18 bits per heavy atom. The molecule has 0 saturated carbocycles. The van der Waals surface area contributed by atoms with E-state index in [4.69, 9.17) is 10.1 Å². The van der Waals surface area contributed by atoms with Crippen LogP contribution in [0.15, 0.2) is 53.7 Å². The van der Waals surface area contributed by atoms with Gasteiger partial charge in [-0.3, -0.25) is 4.68 Å². The molecule has 3 heterocycles. The molecule has 2 aromatic heterocycles. The zero-order valence-corrected chi connectivity index (χ0v) is 22.3. The second kappa shape index (κ2) is 12.1. The fraction of sp³-hybridized carbons (Fsp3) is 0.400. The zero-order valence-electron chi connectivity index (χ0n) is 20.0. The van der Waals surface area contributed by atoms with Crippen molar-refractivity contribution in [3.63, 3.8) is 0 Å². The molecule has 182 valence electrons. The highest BCUT2D eigenvalue weighted by molar-refractivity contribution is 14.0. The fourth-order valence-electron chi connectivity index (χ4n) is 4.23. The summed E-state index contributed by atoms with van der Waals surface area (Å²) in [4.78, 5) is 11.0. The van der Waals surface area contributed by atoms with Gasteiger partial charge < -0.3 is 15.5 Å². The lowest BCUT2D eigenvalue weighted by molar-refractivity contribution is 0.612. The SMILES string of the molecule is CCNC(=NCc1c(C)nn(Cc2ccccc2)c1C)NC1CCN(c2ncccc2F)C1.I. The van der Waals surface area contributed by atoms with Crippen molar-refractivity contribution in [3.8, 4) is 0 Å². The number of pyridine rings is 1. The van der Waals surface area contributed by atoms with Crippen LogP contribution in [-0.2, 0) is 13.1 Å². The van der Waals surface area contributed by atoms with Gasteiger partial charge in [0, 0.05) is 43.1 Å². The van der Waals surface area contributed by atoms with Gasteiger partial charge in [0.25, 0.3) is 0 Å². The van der Waals surface area contributed by atoms with Gasteiger partial charge in [0.1, 0.15) is 0 Å². The first-order valence-corrected chi connectivity index (χ1v) is 11.5. The van der Waals surface area contributed by atoms with Crippen LogP contribution in [0.2, 0.25) is 0 Å². The summed E-state index contributed by atoms with van der Waals surface area (Å²) in [5.41, 5.74) is 4.50. The van der Waals surface area contributed by atoms with E-state index in [1.54, 1.807) is 12.3 Å². The van der Waals surface area contributed by atoms with Crippen LogP contribution >= 0.6 is 24.0 Å². The smallest absolute Gasteiger partial charge is 0.191 e. The summed E-state index contributed by atoms with van der Waals surface area (Å²) in [5, 5.41) is 11.6. The molecule has 0 spiro atoms. The summed E-state index contributed by atoms with van der Waals surface area (Å²) in [6.45, 7) is 9.70. The molecule has 4 rings (SSSR count). The van der Waals surface area contributed by atoms with E-state index < -0.39 is 0 Å². The van der Waals surface area contributed by atoms with Crippen molar-refractivity contribution in [3.05, 3.63) is 77.0 Å². The van der Waals surface area contributed by atoms with Gasteiger partial charge >= 0.3 is 0 Å². The number of hydrogen-bond acceptors (Lipinski definition) is 4. The number of anilines is 1. The molecule has 9 heteroatoms. The van der Waals surface area contributed by atoms with Crippen molar-refractivity contribution in [2.75, 3.05) is 24.5 Å². The minimum atomic E-state index is -0.280. The molecular weight excluding hydrogens is 544 g/mol. The lowest BCUT2D eigenvalue weighted by Crippen LogP contribution is -2.44. The predicted octanol–water partition coefficient (Wildman–Crippen LogP) is 4.03. The number of guanidine groups is 1. The number of nitrogens with zero attached hydrogens (tertiary/aromatic N) is 5. The maximum atomic E-state index is 14.1. The average molecular weight is 577 g/mol. The number of benzene rings is 1. The van der Waals surface area contributed by atoms with Gasteiger partial charge in [-0.15, -0.1) is 24.0 Å². The predicted molar refractivity (Wildman–Crippen MR) is 145 cm³/mol. The van der Waals surface area contributed by atoms with Crippen molar-refractivity contribution in [2.24, 2.45) is 4.99 Å². The Morgan fingerprint density at radius 2 is 1.97 bits per heavy atom. The van der Waals surface area contributed by atoms with Gasteiger partial charge in [-0.25, -0.2) is 14.4 Å². The van der Waals surface area contributed by atoms with Crippen LogP contribution in [-0.4, -0.2) is 46.4 Å². The molecule has 0 aliphatic carbocycles. The maximum Gasteiger partial charge on any atom is 0.191 e. The van der Waals surface area contributed by atoms with Crippen LogP contribution in [0.5, 0.6) is 0 Å². The number of aromatic nitrogens is 3. The number of hydrogen-bond donors (Lipinski definition) is 2. The van der Waals surface area contributed by atoms with E-state index in [1.165, 1.54) is 11.6 Å². The first kappa shape index (κ1) is 25.9. The monoisotopic (exact) mass is 577 g/mol. The Kier molecular flexibility index (Phi) is 9.26. The lowest BCUT2D eigenvalue weighted by atomic mass is 10.2. The molecule has 1 unspecified atom stereocenters. The fourth-order valence-corrected chi connectivity index (χ4v) is 4.23. The largest absolute Gasteiger partial charge is 0.357 e. The van der Waals surface area contributed by atoms with Gasteiger partial charge in [0.2, 0.25) is 0 Å². The minimum absolute atomic E-state index is 0. The van der Waals surface area contributed by atoms with Crippen molar-refractivity contribution in [1.82, 2.24) is 25.4 Å². The van der Waals surface area contributed by atoms with Gasteiger partial charge in [-0.1, -0.05) is 30.3 Å². The zero-order chi connectivity index (χ0) is 23.2. The molecule has 34 heavy (non-hydrogen) atoms. The summed E-state index contributed by atoms with van der Waals surface area (Å²) >= 11 is 0. The molecule has 1 atom stereocenters. The number of aryl methyl sites for hydroxylation is 1. The second-order valence-corrected chi connectivity index (χ2v) is 8.37. The second-order valence-electron chi connectivity index (χ2n) is 8.37. The molecule has 1 aliphatic heterocycles. The van der Waals surface area contributed by atoms with E-state index in [9.17, 15) is 4.39 Å².